The molecule has 0 spiro atoms. The number of rotatable bonds is 4. The molecule has 0 aliphatic rings. The maximum absolute atomic E-state index is 12.0. The van der Waals surface area contributed by atoms with Gasteiger partial charge in [-0.1, -0.05) is 24.3 Å². The lowest BCUT2D eigenvalue weighted by Gasteiger charge is -2.09. The summed E-state index contributed by atoms with van der Waals surface area (Å²) in [7, 11) is 0. The maximum atomic E-state index is 12.0. The molecule has 0 radical (unpaired) electrons. The molecule has 3 rings (SSSR count). The third-order valence-electron chi connectivity index (χ3n) is 3.68. The van der Waals surface area contributed by atoms with E-state index in [2.05, 4.69) is 34.8 Å². The number of hydrogen-bond donors (Lipinski definition) is 1. The highest BCUT2D eigenvalue weighted by Gasteiger charge is 2.08. The Bertz CT molecular complexity index is 790. The van der Waals surface area contributed by atoms with Gasteiger partial charge >= 0.3 is 0 Å². The molecule has 0 saturated heterocycles. The van der Waals surface area contributed by atoms with Crippen LogP contribution in [0.1, 0.15) is 35.8 Å². The first-order valence-corrected chi connectivity index (χ1v) is 7.44. The molecule has 1 aromatic heterocycles. The number of aromatic nitrogens is 2. The topological polar surface area (TPSA) is 46.9 Å². The first-order valence-electron chi connectivity index (χ1n) is 7.44. The smallest absolute Gasteiger partial charge is 0.251 e. The summed E-state index contributed by atoms with van der Waals surface area (Å²) in [6.07, 6.45) is 1.86. The number of imidazole rings is 1. The highest BCUT2D eigenvalue weighted by Crippen LogP contribution is 2.18. The number of amides is 1. The Morgan fingerprint density at radius 2 is 1.95 bits per heavy atom. The Hall–Kier alpha value is -2.62. The van der Waals surface area contributed by atoms with E-state index in [1.165, 1.54) is 0 Å². The highest BCUT2D eigenvalue weighted by molar-refractivity contribution is 5.94. The lowest BCUT2D eigenvalue weighted by atomic mass is 10.1. The molecule has 0 saturated carbocycles. The minimum atomic E-state index is -0.0617. The van der Waals surface area contributed by atoms with Crippen molar-refractivity contribution in [2.75, 3.05) is 0 Å². The van der Waals surface area contributed by atoms with Crippen LogP contribution in [0.25, 0.3) is 11.0 Å². The molecule has 22 heavy (non-hydrogen) atoms. The van der Waals surface area contributed by atoms with Crippen molar-refractivity contribution in [3.05, 3.63) is 66.0 Å². The SMILES string of the molecule is CC(C)n1cnc2cc(CNC(=O)c3ccccc3)ccc21. The Labute approximate surface area is 129 Å². The zero-order chi connectivity index (χ0) is 15.5. The minimum Gasteiger partial charge on any atom is -0.348 e. The summed E-state index contributed by atoms with van der Waals surface area (Å²) in [5.74, 6) is -0.0617. The fourth-order valence-electron chi connectivity index (χ4n) is 2.47. The normalized spacial score (nSPS) is 11.0. The van der Waals surface area contributed by atoms with Crippen LogP contribution in [-0.4, -0.2) is 15.5 Å². The van der Waals surface area contributed by atoms with Crippen LogP contribution in [0.2, 0.25) is 0 Å². The second-order valence-electron chi connectivity index (χ2n) is 5.62. The van der Waals surface area contributed by atoms with Crippen molar-refractivity contribution >= 4 is 16.9 Å². The second-order valence-corrected chi connectivity index (χ2v) is 5.62. The Morgan fingerprint density at radius 1 is 1.18 bits per heavy atom. The molecule has 2 aromatic carbocycles. The van der Waals surface area contributed by atoms with E-state index < -0.39 is 0 Å². The van der Waals surface area contributed by atoms with Crippen LogP contribution in [-0.2, 0) is 6.54 Å². The predicted octanol–water partition coefficient (Wildman–Crippen LogP) is 3.55. The summed E-state index contributed by atoms with van der Waals surface area (Å²) in [5, 5.41) is 2.94. The van der Waals surface area contributed by atoms with Gasteiger partial charge in [0.1, 0.15) is 0 Å². The van der Waals surface area contributed by atoms with E-state index in [1.54, 1.807) is 0 Å². The van der Waals surface area contributed by atoms with Gasteiger partial charge in [0.15, 0.2) is 0 Å². The first-order chi connectivity index (χ1) is 10.6. The van der Waals surface area contributed by atoms with Crippen LogP contribution in [0.4, 0.5) is 0 Å². The van der Waals surface area contributed by atoms with E-state index in [0.717, 1.165) is 16.6 Å². The molecule has 1 amide bonds. The van der Waals surface area contributed by atoms with E-state index in [1.807, 2.05) is 48.8 Å². The van der Waals surface area contributed by atoms with Crippen LogP contribution in [0.5, 0.6) is 0 Å². The van der Waals surface area contributed by atoms with Crippen molar-refractivity contribution in [3.8, 4) is 0 Å². The summed E-state index contributed by atoms with van der Waals surface area (Å²) < 4.78 is 2.14. The Kier molecular flexibility index (Phi) is 3.92. The van der Waals surface area contributed by atoms with E-state index in [0.29, 0.717) is 18.2 Å². The van der Waals surface area contributed by atoms with Gasteiger partial charge in [0, 0.05) is 18.2 Å². The average molecular weight is 293 g/mol. The van der Waals surface area contributed by atoms with Crippen molar-refractivity contribution in [1.82, 2.24) is 14.9 Å². The van der Waals surface area contributed by atoms with Gasteiger partial charge < -0.3 is 9.88 Å². The molecule has 1 heterocycles. The van der Waals surface area contributed by atoms with Crippen molar-refractivity contribution in [1.29, 1.82) is 0 Å². The first kappa shape index (κ1) is 14.3. The van der Waals surface area contributed by atoms with E-state index >= 15 is 0 Å². The lowest BCUT2D eigenvalue weighted by molar-refractivity contribution is 0.0951. The average Bonchev–Trinajstić information content (AvgIpc) is 2.96. The molecule has 112 valence electrons. The summed E-state index contributed by atoms with van der Waals surface area (Å²) in [6.45, 7) is 4.77. The van der Waals surface area contributed by atoms with Gasteiger partial charge in [-0.3, -0.25) is 4.79 Å². The van der Waals surface area contributed by atoms with E-state index in [-0.39, 0.29) is 5.91 Å². The molecule has 0 fully saturated rings. The van der Waals surface area contributed by atoms with Gasteiger partial charge in [-0.2, -0.15) is 0 Å². The maximum Gasteiger partial charge on any atom is 0.251 e. The van der Waals surface area contributed by atoms with Crippen LogP contribution in [0.15, 0.2) is 54.9 Å². The summed E-state index contributed by atoms with van der Waals surface area (Å²) in [6, 6.07) is 15.7. The van der Waals surface area contributed by atoms with Crippen LogP contribution < -0.4 is 5.32 Å². The van der Waals surface area contributed by atoms with Gasteiger partial charge in [-0.25, -0.2) is 4.98 Å². The third kappa shape index (κ3) is 2.86. The largest absolute Gasteiger partial charge is 0.348 e. The van der Waals surface area contributed by atoms with Gasteiger partial charge in [0.2, 0.25) is 0 Å². The van der Waals surface area contributed by atoms with E-state index in [4.69, 9.17) is 0 Å². The molecule has 4 nitrogen and oxygen atoms in total. The molecule has 3 aromatic rings. The molecule has 0 aliphatic carbocycles. The zero-order valence-electron chi connectivity index (χ0n) is 12.8. The second kappa shape index (κ2) is 6.02. The molecule has 0 bridgehead atoms. The van der Waals surface area contributed by atoms with Crippen molar-refractivity contribution < 1.29 is 4.79 Å². The lowest BCUT2D eigenvalue weighted by Crippen LogP contribution is -2.22. The fraction of sp³-hybridized carbons (Fsp3) is 0.222. The number of nitrogens with one attached hydrogen (secondary N) is 1. The van der Waals surface area contributed by atoms with Crippen molar-refractivity contribution in [2.24, 2.45) is 0 Å². The standard InChI is InChI=1S/C18H19N3O/c1-13(2)21-12-20-16-10-14(8-9-17(16)21)11-19-18(22)15-6-4-3-5-7-15/h3-10,12-13H,11H2,1-2H3,(H,19,22). The number of carbonyl (C=O) groups excluding carboxylic acids is 1. The quantitative estimate of drug-likeness (QED) is 0.799. The molecular weight excluding hydrogens is 274 g/mol. The van der Waals surface area contributed by atoms with E-state index in [9.17, 15) is 4.79 Å². The third-order valence-corrected chi connectivity index (χ3v) is 3.68. The summed E-state index contributed by atoms with van der Waals surface area (Å²) >= 11 is 0. The van der Waals surface area contributed by atoms with Crippen LogP contribution in [0, 0.1) is 0 Å². The molecule has 4 heteroatoms. The van der Waals surface area contributed by atoms with Gasteiger partial charge in [-0.15, -0.1) is 0 Å². The molecular formula is C18H19N3O. The van der Waals surface area contributed by atoms with Gasteiger partial charge in [0.05, 0.1) is 17.4 Å². The number of fused-ring (bicyclic) bond motifs is 1. The minimum absolute atomic E-state index is 0.0617. The fourth-order valence-corrected chi connectivity index (χ4v) is 2.47. The van der Waals surface area contributed by atoms with Crippen LogP contribution >= 0.6 is 0 Å². The monoisotopic (exact) mass is 293 g/mol. The Morgan fingerprint density at radius 3 is 2.68 bits per heavy atom. The van der Waals surface area contributed by atoms with Crippen molar-refractivity contribution in [2.45, 2.75) is 26.4 Å². The van der Waals surface area contributed by atoms with Crippen LogP contribution in [0.3, 0.4) is 0 Å². The van der Waals surface area contributed by atoms with Gasteiger partial charge in [0.25, 0.3) is 5.91 Å². The molecule has 1 N–H and O–H groups in total. The molecule has 0 atom stereocenters. The molecule has 0 unspecified atom stereocenters. The van der Waals surface area contributed by atoms with Gasteiger partial charge in [-0.05, 0) is 43.7 Å². The summed E-state index contributed by atoms with van der Waals surface area (Å²) in [4.78, 5) is 16.5. The van der Waals surface area contributed by atoms with Crippen molar-refractivity contribution in [3.63, 3.8) is 0 Å². The number of nitrogens with zero attached hydrogens (tertiary/aromatic N) is 2. The summed E-state index contributed by atoms with van der Waals surface area (Å²) in [5.41, 5.74) is 3.80. The highest BCUT2D eigenvalue weighted by atomic mass is 16.1. The molecule has 0 aliphatic heterocycles. The zero-order valence-corrected chi connectivity index (χ0v) is 12.8. The predicted molar refractivity (Wildman–Crippen MR) is 87.7 cm³/mol. The Balaban J connectivity index is 1.73. The number of benzene rings is 2. The number of hydrogen-bond acceptors (Lipinski definition) is 2. The number of carbonyl (C=O) groups is 1.